The second kappa shape index (κ2) is 11.4. The Morgan fingerprint density at radius 1 is 0.889 bits per heavy atom. The zero-order valence-corrected chi connectivity index (χ0v) is 20.7. The molecule has 2 amide bonds. The first-order valence-corrected chi connectivity index (χ1v) is 13.0. The normalized spacial score (nSPS) is 18.7. The Labute approximate surface area is 212 Å². The van der Waals surface area contributed by atoms with Crippen LogP contribution in [0.15, 0.2) is 73.1 Å². The number of nitrogens with zero attached hydrogens (tertiary/aromatic N) is 4. The van der Waals surface area contributed by atoms with Crippen LogP contribution < -0.4 is 4.74 Å². The van der Waals surface area contributed by atoms with Gasteiger partial charge in [-0.3, -0.25) is 14.3 Å². The second-order valence-corrected chi connectivity index (χ2v) is 9.78. The van der Waals surface area contributed by atoms with Gasteiger partial charge in [-0.15, -0.1) is 0 Å². The second-order valence-electron chi connectivity index (χ2n) is 9.78. The minimum atomic E-state index is 0.0316. The highest BCUT2D eigenvalue weighted by Crippen LogP contribution is 2.31. The van der Waals surface area contributed by atoms with Gasteiger partial charge in [0.2, 0.25) is 0 Å². The Kier molecular flexibility index (Phi) is 7.64. The number of aromatic nitrogens is 2. The minimum absolute atomic E-state index is 0.0316. The van der Waals surface area contributed by atoms with E-state index in [-0.39, 0.29) is 24.5 Å². The van der Waals surface area contributed by atoms with Gasteiger partial charge in [-0.1, -0.05) is 30.3 Å². The molecule has 2 aromatic carbocycles. The van der Waals surface area contributed by atoms with Gasteiger partial charge in [0.05, 0.1) is 6.54 Å². The number of likely N-dealkylation sites (tertiary alicyclic amines) is 2. The van der Waals surface area contributed by atoms with Crippen molar-refractivity contribution in [3.05, 3.63) is 84.2 Å². The number of carbonyl (C=O) groups is 2. The Balaban J connectivity index is 1.16. The molecule has 36 heavy (non-hydrogen) atoms. The third kappa shape index (κ3) is 5.78. The summed E-state index contributed by atoms with van der Waals surface area (Å²) in [5, 5.41) is 4.25. The van der Waals surface area contributed by atoms with Crippen LogP contribution in [0.25, 0.3) is 0 Å². The topological polar surface area (TPSA) is 67.7 Å². The molecule has 0 radical (unpaired) electrons. The average Bonchev–Trinajstić information content (AvgIpc) is 3.45. The first kappa shape index (κ1) is 24.1. The lowest BCUT2D eigenvalue weighted by Crippen LogP contribution is -2.51. The van der Waals surface area contributed by atoms with Crippen molar-refractivity contribution < 1.29 is 14.3 Å². The summed E-state index contributed by atoms with van der Waals surface area (Å²) in [4.78, 5) is 30.2. The highest BCUT2D eigenvalue weighted by atomic mass is 16.5. The number of ether oxygens (including phenoxy) is 1. The molecule has 2 saturated heterocycles. The van der Waals surface area contributed by atoms with Gasteiger partial charge in [0.15, 0.2) is 6.61 Å². The number of amides is 2. The summed E-state index contributed by atoms with van der Waals surface area (Å²) in [7, 11) is 0. The van der Waals surface area contributed by atoms with E-state index in [9.17, 15) is 9.59 Å². The fourth-order valence-electron chi connectivity index (χ4n) is 5.49. The van der Waals surface area contributed by atoms with Gasteiger partial charge in [-0.25, -0.2) is 0 Å². The Hall–Kier alpha value is -3.61. The first-order valence-electron chi connectivity index (χ1n) is 13.0. The van der Waals surface area contributed by atoms with E-state index in [1.54, 1.807) is 6.20 Å². The minimum Gasteiger partial charge on any atom is -0.484 e. The van der Waals surface area contributed by atoms with E-state index in [0.717, 1.165) is 62.9 Å². The summed E-state index contributed by atoms with van der Waals surface area (Å²) < 4.78 is 7.53. The summed E-state index contributed by atoms with van der Waals surface area (Å²) in [5.41, 5.74) is 1.87. The molecule has 0 N–H and O–H groups in total. The predicted octanol–water partition coefficient (Wildman–Crippen LogP) is 4.24. The van der Waals surface area contributed by atoms with Crippen molar-refractivity contribution in [1.82, 2.24) is 19.6 Å². The van der Waals surface area contributed by atoms with Crippen LogP contribution in [0.3, 0.4) is 0 Å². The van der Waals surface area contributed by atoms with Crippen LogP contribution in [0.4, 0.5) is 0 Å². The number of para-hydroxylation sites is 1. The van der Waals surface area contributed by atoms with Crippen LogP contribution in [0.2, 0.25) is 0 Å². The maximum Gasteiger partial charge on any atom is 0.260 e. The van der Waals surface area contributed by atoms with Crippen LogP contribution in [0, 0.1) is 5.92 Å². The van der Waals surface area contributed by atoms with E-state index < -0.39 is 0 Å². The van der Waals surface area contributed by atoms with Crippen molar-refractivity contribution in [3.63, 3.8) is 0 Å². The highest BCUT2D eigenvalue weighted by molar-refractivity contribution is 5.94. The van der Waals surface area contributed by atoms with Crippen molar-refractivity contribution in [2.75, 3.05) is 26.2 Å². The molecule has 0 saturated carbocycles. The molecule has 0 aliphatic carbocycles. The van der Waals surface area contributed by atoms with Crippen LogP contribution in [0.1, 0.15) is 48.0 Å². The zero-order chi connectivity index (χ0) is 24.7. The van der Waals surface area contributed by atoms with E-state index in [2.05, 4.69) is 10.00 Å². The van der Waals surface area contributed by atoms with Crippen molar-refractivity contribution in [3.8, 4) is 5.75 Å². The number of rotatable bonds is 7. The Morgan fingerprint density at radius 2 is 1.67 bits per heavy atom. The predicted molar refractivity (Wildman–Crippen MR) is 138 cm³/mol. The summed E-state index contributed by atoms with van der Waals surface area (Å²) in [6, 6.07) is 19.5. The molecule has 3 heterocycles. The molecule has 5 rings (SSSR count). The number of benzene rings is 2. The monoisotopic (exact) mass is 486 g/mol. The summed E-state index contributed by atoms with van der Waals surface area (Å²) in [6.07, 6.45) is 8.80. The van der Waals surface area contributed by atoms with E-state index in [1.807, 2.05) is 76.4 Å². The van der Waals surface area contributed by atoms with Gasteiger partial charge >= 0.3 is 0 Å². The maximum atomic E-state index is 13.5. The lowest BCUT2D eigenvalue weighted by molar-refractivity contribution is -0.135. The van der Waals surface area contributed by atoms with E-state index >= 15 is 0 Å². The summed E-state index contributed by atoms with van der Waals surface area (Å²) in [6.45, 7) is 3.02. The molecule has 1 atom stereocenters. The Bertz CT molecular complexity index is 1120. The fraction of sp³-hybridized carbons (Fsp3) is 0.414. The molecule has 2 fully saturated rings. The maximum absolute atomic E-state index is 13.5. The molecule has 7 nitrogen and oxygen atoms in total. The molecule has 2 aliphatic heterocycles. The standard InChI is InChI=1S/C29H34N4O3/c34-28(22-36-26-7-2-1-3-8-26)31-19-14-24(15-20-31)27-9-4-5-18-33(27)29(35)25-12-10-23(11-13-25)21-32-17-6-16-30-32/h1-3,6-8,10-13,16-17,24,27H,4-5,9,14-15,18-22H2/t27-/m0/s1. The molecule has 0 bridgehead atoms. The molecular weight excluding hydrogens is 452 g/mol. The van der Waals surface area contributed by atoms with Gasteiger partial charge in [0.1, 0.15) is 5.75 Å². The number of hydrogen-bond donors (Lipinski definition) is 0. The van der Waals surface area contributed by atoms with Gasteiger partial charge < -0.3 is 14.5 Å². The van der Waals surface area contributed by atoms with Crippen LogP contribution in [-0.4, -0.2) is 63.7 Å². The summed E-state index contributed by atoms with van der Waals surface area (Å²) >= 11 is 0. The van der Waals surface area contributed by atoms with Crippen molar-refractivity contribution in [2.24, 2.45) is 5.92 Å². The van der Waals surface area contributed by atoms with Gasteiger partial charge in [0.25, 0.3) is 11.8 Å². The molecular formula is C29H34N4O3. The lowest BCUT2D eigenvalue weighted by Gasteiger charge is -2.43. The van der Waals surface area contributed by atoms with Gasteiger partial charge in [0, 0.05) is 43.6 Å². The SMILES string of the molecule is O=C(COc1ccccc1)N1CCC([C@@H]2CCCCN2C(=O)c2ccc(Cn3cccn3)cc2)CC1. The van der Waals surface area contributed by atoms with Crippen molar-refractivity contribution in [2.45, 2.75) is 44.7 Å². The lowest BCUT2D eigenvalue weighted by atomic mass is 9.83. The Morgan fingerprint density at radius 3 is 2.39 bits per heavy atom. The van der Waals surface area contributed by atoms with Crippen molar-refractivity contribution in [1.29, 1.82) is 0 Å². The number of carbonyl (C=O) groups excluding carboxylic acids is 2. The fourth-order valence-corrected chi connectivity index (χ4v) is 5.49. The molecule has 188 valence electrons. The molecule has 7 heteroatoms. The van der Waals surface area contributed by atoms with Crippen LogP contribution >= 0.6 is 0 Å². The van der Waals surface area contributed by atoms with Gasteiger partial charge in [-0.05, 0) is 73.9 Å². The third-order valence-corrected chi connectivity index (χ3v) is 7.46. The van der Waals surface area contributed by atoms with E-state index in [4.69, 9.17) is 4.74 Å². The quantitative estimate of drug-likeness (QED) is 0.501. The summed E-state index contributed by atoms with van der Waals surface area (Å²) in [5.74, 6) is 1.29. The molecule has 3 aromatic rings. The molecule has 2 aliphatic rings. The third-order valence-electron chi connectivity index (χ3n) is 7.46. The largest absolute Gasteiger partial charge is 0.484 e. The van der Waals surface area contributed by atoms with E-state index in [0.29, 0.717) is 18.2 Å². The molecule has 0 unspecified atom stereocenters. The smallest absolute Gasteiger partial charge is 0.260 e. The van der Waals surface area contributed by atoms with Crippen LogP contribution in [-0.2, 0) is 11.3 Å². The average molecular weight is 487 g/mol. The molecule has 1 aromatic heterocycles. The number of hydrogen-bond acceptors (Lipinski definition) is 4. The first-order chi connectivity index (χ1) is 17.7. The van der Waals surface area contributed by atoms with Gasteiger partial charge in [-0.2, -0.15) is 5.10 Å². The highest BCUT2D eigenvalue weighted by Gasteiger charge is 2.35. The number of piperidine rings is 2. The van der Waals surface area contributed by atoms with Crippen molar-refractivity contribution >= 4 is 11.8 Å². The van der Waals surface area contributed by atoms with Crippen LogP contribution in [0.5, 0.6) is 5.75 Å². The zero-order valence-electron chi connectivity index (χ0n) is 20.7. The van der Waals surface area contributed by atoms with E-state index in [1.165, 1.54) is 0 Å². The molecule has 0 spiro atoms.